The molecule has 1 N–H and O–H groups in total. The summed E-state index contributed by atoms with van der Waals surface area (Å²) in [5.74, 6) is 1.06. The highest BCUT2D eigenvalue weighted by molar-refractivity contribution is 7.09. The van der Waals surface area contributed by atoms with E-state index in [-0.39, 0.29) is 6.10 Å². The van der Waals surface area contributed by atoms with Crippen molar-refractivity contribution in [1.29, 1.82) is 0 Å². The Hall–Kier alpha value is -1.32. The topological polar surface area (TPSA) is 21.3 Å². The summed E-state index contributed by atoms with van der Waals surface area (Å²) in [5.41, 5.74) is 1.34. The molecule has 20 heavy (non-hydrogen) atoms. The van der Waals surface area contributed by atoms with Crippen molar-refractivity contribution in [2.45, 2.75) is 38.3 Å². The van der Waals surface area contributed by atoms with Crippen LogP contribution in [0.25, 0.3) is 0 Å². The van der Waals surface area contributed by atoms with E-state index in [0.717, 1.165) is 31.6 Å². The molecule has 0 fully saturated rings. The number of ether oxygens (including phenoxy) is 1. The van der Waals surface area contributed by atoms with E-state index in [1.54, 1.807) is 0 Å². The summed E-state index contributed by atoms with van der Waals surface area (Å²) in [6.07, 6.45) is 3.47. The minimum atomic E-state index is 0.251. The van der Waals surface area contributed by atoms with Crippen LogP contribution < -0.4 is 10.1 Å². The van der Waals surface area contributed by atoms with Gasteiger partial charge >= 0.3 is 0 Å². The number of para-hydroxylation sites is 1. The first kappa shape index (κ1) is 13.7. The quantitative estimate of drug-likeness (QED) is 0.875. The highest BCUT2D eigenvalue weighted by Crippen LogP contribution is 2.30. The molecule has 106 valence electrons. The van der Waals surface area contributed by atoms with Crippen molar-refractivity contribution in [3.05, 3.63) is 52.2 Å². The molecule has 0 spiro atoms. The molecule has 0 radical (unpaired) electrons. The molecule has 0 saturated carbocycles. The van der Waals surface area contributed by atoms with Gasteiger partial charge in [0.25, 0.3) is 0 Å². The zero-order chi connectivity index (χ0) is 13.8. The van der Waals surface area contributed by atoms with Crippen molar-refractivity contribution >= 4 is 11.3 Å². The molecule has 3 heteroatoms. The first-order chi connectivity index (χ1) is 9.86. The van der Waals surface area contributed by atoms with E-state index in [4.69, 9.17) is 4.74 Å². The van der Waals surface area contributed by atoms with Gasteiger partial charge in [0.2, 0.25) is 0 Å². The minimum Gasteiger partial charge on any atom is -0.488 e. The average molecular weight is 287 g/mol. The Bertz CT molecular complexity index is 513. The lowest BCUT2D eigenvalue weighted by Crippen LogP contribution is -2.44. The molecule has 0 aliphatic carbocycles. The fourth-order valence-corrected chi connectivity index (χ4v) is 3.51. The molecule has 1 aromatic heterocycles. The van der Waals surface area contributed by atoms with Crippen molar-refractivity contribution in [2.24, 2.45) is 0 Å². The van der Waals surface area contributed by atoms with Gasteiger partial charge in [0.05, 0.1) is 0 Å². The van der Waals surface area contributed by atoms with E-state index in [1.165, 1.54) is 10.4 Å². The molecule has 0 bridgehead atoms. The lowest BCUT2D eigenvalue weighted by molar-refractivity contribution is 0.177. The maximum absolute atomic E-state index is 6.16. The third-order valence-corrected chi connectivity index (χ3v) is 4.68. The van der Waals surface area contributed by atoms with Crippen molar-refractivity contribution in [2.75, 3.05) is 6.54 Å². The lowest BCUT2D eigenvalue weighted by Gasteiger charge is -2.24. The van der Waals surface area contributed by atoms with Gasteiger partial charge in [-0.1, -0.05) is 31.2 Å². The van der Waals surface area contributed by atoms with Crippen molar-refractivity contribution in [3.63, 3.8) is 0 Å². The Balaban J connectivity index is 1.70. The van der Waals surface area contributed by atoms with E-state index < -0.39 is 0 Å². The molecule has 0 amide bonds. The summed E-state index contributed by atoms with van der Waals surface area (Å²) in [4.78, 5) is 1.43. The SMILES string of the molecule is CCCNC(Cc1cccs1)C1Cc2ccccc2O1. The third-order valence-electron chi connectivity index (χ3n) is 3.78. The highest BCUT2D eigenvalue weighted by Gasteiger charge is 2.30. The number of fused-ring (bicyclic) bond motifs is 1. The maximum Gasteiger partial charge on any atom is 0.123 e. The molecular formula is C17H21NOS. The second-order valence-electron chi connectivity index (χ2n) is 5.31. The highest BCUT2D eigenvalue weighted by atomic mass is 32.1. The number of hydrogen-bond donors (Lipinski definition) is 1. The monoisotopic (exact) mass is 287 g/mol. The molecule has 1 aliphatic heterocycles. The van der Waals surface area contributed by atoms with Crippen LogP contribution in [-0.4, -0.2) is 18.7 Å². The minimum absolute atomic E-state index is 0.251. The van der Waals surface area contributed by atoms with E-state index >= 15 is 0 Å². The molecule has 0 saturated heterocycles. The average Bonchev–Trinajstić information content (AvgIpc) is 3.12. The van der Waals surface area contributed by atoms with E-state index in [2.05, 4.69) is 54.0 Å². The molecule has 1 aliphatic rings. The van der Waals surface area contributed by atoms with E-state index in [9.17, 15) is 0 Å². The van der Waals surface area contributed by atoms with Gasteiger partial charge in [0.1, 0.15) is 11.9 Å². The van der Waals surface area contributed by atoms with Crippen LogP contribution in [0, 0.1) is 0 Å². The van der Waals surface area contributed by atoms with Crippen molar-refractivity contribution in [3.8, 4) is 5.75 Å². The number of rotatable bonds is 6. The second-order valence-corrected chi connectivity index (χ2v) is 6.34. The van der Waals surface area contributed by atoms with Crippen LogP contribution in [0.15, 0.2) is 41.8 Å². The molecule has 2 unspecified atom stereocenters. The summed E-state index contributed by atoms with van der Waals surface area (Å²) in [6, 6.07) is 13.1. The van der Waals surface area contributed by atoms with Gasteiger partial charge in [-0.3, -0.25) is 0 Å². The zero-order valence-electron chi connectivity index (χ0n) is 11.8. The second kappa shape index (κ2) is 6.42. The predicted molar refractivity (Wildman–Crippen MR) is 84.7 cm³/mol. The summed E-state index contributed by atoms with van der Waals surface area (Å²) in [5, 5.41) is 5.82. The van der Waals surface area contributed by atoms with Crippen LogP contribution in [0.5, 0.6) is 5.75 Å². The van der Waals surface area contributed by atoms with Crippen LogP contribution in [-0.2, 0) is 12.8 Å². The first-order valence-corrected chi connectivity index (χ1v) is 8.25. The summed E-state index contributed by atoms with van der Waals surface area (Å²) in [7, 11) is 0. The number of benzene rings is 1. The van der Waals surface area contributed by atoms with Gasteiger partial charge in [-0.25, -0.2) is 0 Å². The third kappa shape index (κ3) is 3.05. The Morgan fingerprint density at radius 2 is 2.20 bits per heavy atom. The van der Waals surface area contributed by atoms with Crippen molar-refractivity contribution in [1.82, 2.24) is 5.32 Å². The van der Waals surface area contributed by atoms with E-state index in [1.807, 2.05) is 11.3 Å². The summed E-state index contributed by atoms with van der Waals surface area (Å²) < 4.78 is 6.16. The predicted octanol–water partition coefficient (Wildman–Crippen LogP) is 3.66. The van der Waals surface area contributed by atoms with Crippen LogP contribution in [0.2, 0.25) is 0 Å². The van der Waals surface area contributed by atoms with Gasteiger partial charge in [-0.15, -0.1) is 11.3 Å². The Morgan fingerprint density at radius 3 is 2.95 bits per heavy atom. The van der Waals surface area contributed by atoms with E-state index in [0.29, 0.717) is 6.04 Å². The normalized spacial score (nSPS) is 18.6. The number of nitrogens with one attached hydrogen (secondary N) is 1. The van der Waals surface area contributed by atoms with Gasteiger partial charge in [0, 0.05) is 23.8 Å². The molecule has 2 aromatic rings. The Labute approximate surface area is 124 Å². The van der Waals surface area contributed by atoms with Crippen LogP contribution in [0.4, 0.5) is 0 Å². The first-order valence-electron chi connectivity index (χ1n) is 7.37. The van der Waals surface area contributed by atoms with Crippen LogP contribution in [0.3, 0.4) is 0 Å². The number of thiophene rings is 1. The van der Waals surface area contributed by atoms with Crippen LogP contribution in [0.1, 0.15) is 23.8 Å². The summed E-state index contributed by atoms with van der Waals surface area (Å²) in [6.45, 7) is 3.26. The molecule has 2 atom stereocenters. The van der Waals surface area contributed by atoms with Gasteiger partial charge in [0.15, 0.2) is 0 Å². The number of hydrogen-bond acceptors (Lipinski definition) is 3. The molecule has 2 heterocycles. The summed E-state index contributed by atoms with van der Waals surface area (Å²) >= 11 is 1.83. The maximum atomic E-state index is 6.16. The van der Waals surface area contributed by atoms with Gasteiger partial charge < -0.3 is 10.1 Å². The Morgan fingerprint density at radius 1 is 1.30 bits per heavy atom. The largest absolute Gasteiger partial charge is 0.488 e. The standard InChI is InChI=1S/C17H21NOS/c1-2-9-18-15(12-14-7-5-10-20-14)17-11-13-6-3-4-8-16(13)19-17/h3-8,10,15,17-18H,2,9,11-12H2,1H3. The molecule has 1 aromatic carbocycles. The fraction of sp³-hybridized carbons (Fsp3) is 0.412. The molecular weight excluding hydrogens is 266 g/mol. The lowest BCUT2D eigenvalue weighted by atomic mass is 10.0. The Kier molecular flexibility index (Phi) is 4.38. The molecule has 3 rings (SSSR count). The van der Waals surface area contributed by atoms with Gasteiger partial charge in [-0.2, -0.15) is 0 Å². The molecule has 2 nitrogen and oxygen atoms in total. The zero-order valence-corrected chi connectivity index (χ0v) is 12.7. The van der Waals surface area contributed by atoms with Crippen LogP contribution >= 0.6 is 11.3 Å². The van der Waals surface area contributed by atoms with Crippen molar-refractivity contribution < 1.29 is 4.74 Å². The smallest absolute Gasteiger partial charge is 0.123 e. The van der Waals surface area contributed by atoms with Gasteiger partial charge in [-0.05, 0) is 36.0 Å². The fourth-order valence-electron chi connectivity index (χ4n) is 2.74.